The molecule has 1 amide bonds. The van der Waals surface area contributed by atoms with E-state index in [4.69, 9.17) is 5.11 Å². The highest BCUT2D eigenvalue weighted by Crippen LogP contribution is 2.28. The van der Waals surface area contributed by atoms with Gasteiger partial charge in [-0.3, -0.25) is 4.79 Å². The standard InChI is InChI=1S/C22H21N3O3/c26-21(18-4-1-3-17(13-18)20-23-10-11-24-20)25-12-2-5-19(14-25)15-6-8-16(9-7-15)22(27)28/h1,3-4,6-11,13,19H,2,5,12,14H2,(H,23,24)(H,27,28)/t19-/m1/s1. The van der Waals surface area contributed by atoms with Crippen molar-refractivity contribution in [1.82, 2.24) is 14.9 Å². The number of amides is 1. The van der Waals surface area contributed by atoms with E-state index in [2.05, 4.69) is 9.97 Å². The smallest absolute Gasteiger partial charge is 0.335 e. The summed E-state index contributed by atoms with van der Waals surface area (Å²) in [7, 11) is 0. The van der Waals surface area contributed by atoms with Crippen LogP contribution in [0.1, 0.15) is 45.0 Å². The van der Waals surface area contributed by atoms with Crippen LogP contribution in [0, 0.1) is 0 Å². The van der Waals surface area contributed by atoms with E-state index in [9.17, 15) is 9.59 Å². The van der Waals surface area contributed by atoms with Gasteiger partial charge in [0.15, 0.2) is 0 Å². The average molecular weight is 375 g/mol. The first-order valence-corrected chi connectivity index (χ1v) is 9.34. The number of carboxylic acid groups (broad SMARTS) is 1. The third kappa shape index (κ3) is 3.67. The Morgan fingerprint density at radius 2 is 1.93 bits per heavy atom. The molecule has 0 spiro atoms. The van der Waals surface area contributed by atoms with Gasteiger partial charge in [0.05, 0.1) is 5.56 Å². The molecule has 28 heavy (non-hydrogen) atoms. The number of hydrogen-bond acceptors (Lipinski definition) is 3. The van der Waals surface area contributed by atoms with E-state index < -0.39 is 5.97 Å². The Hall–Kier alpha value is -3.41. The minimum Gasteiger partial charge on any atom is -0.478 e. The SMILES string of the molecule is O=C(O)c1ccc([C@@H]2CCCN(C(=O)c3cccc(-c4ncc[nH]4)c3)C2)cc1. The lowest BCUT2D eigenvalue weighted by atomic mass is 9.89. The number of H-pyrrole nitrogens is 1. The van der Waals surface area contributed by atoms with Crippen molar-refractivity contribution in [3.8, 4) is 11.4 Å². The maximum Gasteiger partial charge on any atom is 0.335 e. The normalized spacial score (nSPS) is 16.7. The molecule has 2 heterocycles. The number of carbonyl (C=O) groups is 2. The number of benzene rings is 2. The van der Waals surface area contributed by atoms with Crippen molar-refractivity contribution in [1.29, 1.82) is 0 Å². The molecule has 4 rings (SSSR count). The molecule has 1 fully saturated rings. The number of aromatic nitrogens is 2. The van der Waals surface area contributed by atoms with Gasteiger partial charge in [-0.15, -0.1) is 0 Å². The van der Waals surface area contributed by atoms with Gasteiger partial charge in [0, 0.05) is 42.5 Å². The number of aromatic amines is 1. The molecule has 2 N–H and O–H groups in total. The molecule has 1 aromatic heterocycles. The van der Waals surface area contributed by atoms with Gasteiger partial charge in [-0.2, -0.15) is 0 Å². The van der Waals surface area contributed by atoms with E-state index in [0.717, 1.165) is 36.3 Å². The van der Waals surface area contributed by atoms with Crippen molar-refractivity contribution >= 4 is 11.9 Å². The zero-order valence-electron chi connectivity index (χ0n) is 15.3. The predicted molar refractivity (Wildman–Crippen MR) is 105 cm³/mol. The lowest BCUT2D eigenvalue weighted by molar-refractivity contribution is 0.0693. The number of carboxylic acids is 1. The van der Waals surface area contributed by atoms with Gasteiger partial charge in [-0.05, 0) is 42.7 Å². The van der Waals surface area contributed by atoms with Gasteiger partial charge in [-0.1, -0.05) is 24.3 Å². The Labute approximate surface area is 162 Å². The molecule has 0 bridgehead atoms. The highest BCUT2D eigenvalue weighted by Gasteiger charge is 2.26. The second-order valence-corrected chi connectivity index (χ2v) is 7.04. The zero-order chi connectivity index (χ0) is 19.5. The van der Waals surface area contributed by atoms with E-state index in [1.54, 1.807) is 24.5 Å². The van der Waals surface area contributed by atoms with Crippen molar-refractivity contribution < 1.29 is 14.7 Å². The zero-order valence-corrected chi connectivity index (χ0v) is 15.3. The van der Waals surface area contributed by atoms with Gasteiger partial charge < -0.3 is 15.0 Å². The van der Waals surface area contributed by atoms with E-state index in [-0.39, 0.29) is 17.4 Å². The molecule has 2 aromatic carbocycles. The summed E-state index contributed by atoms with van der Waals surface area (Å²) in [6.07, 6.45) is 5.36. The molecular weight excluding hydrogens is 354 g/mol. The van der Waals surface area contributed by atoms with Crippen LogP contribution >= 0.6 is 0 Å². The first-order valence-electron chi connectivity index (χ1n) is 9.34. The van der Waals surface area contributed by atoms with Gasteiger partial charge in [-0.25, -0.2) is 9.78 Å². The van der Waals surface area contributed by atoms with Crippen LogP contribution < -0.4 is 0 Å². The average Bonchev–Trinajstić information content (AvgIpc) is 3.28. The van der Waals surface area contributed by atoms with Crippen molar-refractivity contribution in [3.05, 3.63) is 77.6 Å². The number of aromatic carboxylic acids is 1. The highest BCUT2D eigenvalue weighted by atomic mass is 16.4. The third-order valence-corrected chi connectivity index (χ3v) is 5.22. The van der Waals surface area contributed by atoms with Crippen LogP contribution in [0.25, 0.3) is 11.4 Å². The Bertz CT molecular complexity index is 981. The molecule has 0 aliphatic carbocycles. The second-order valence-electron chi connectivity index (χ2n) is 7.04. The maximum atomic E-state index is 13.1. The molecule has 1 aliphatic rings. The number of carbonyl (C=O) groups excluding carboxylic acids is 1. The number of hydrogen-bond donors (Lipinski definition) is 2. The molecule has 6 heteroatoms. The van der Waals surface area contributed by atoms with E-state index in [1.165, 1.54) is 0 Å². The largest absolute Gasteiger partial charge is 0.478 e. The summed E-state index contributed by atoms with van der Waals surface area (Å²) in [5.74, 6) is 0.0437. The maximum absolute atomic E-state index is 13.1. The summed E-state index contributed by atoms with van der Waals surface area (Å²) in [6.45, 7) is 1.36. The molecule has 1 atom stereocenters. The monoisotopic (exact) mass is 375 g/mol. The molecule has 6 nitrogen and oxygen atoms in total. The quantitative estimate of drug-likeness (QED) is 0.726. The van der Waals surface area contributed by atoms with Crippen molar-refractivity contribution in [3.63, 3.8) is 0 Å². The Morgan fingerprint density at radius 1 is 1.11 bits per heavy atom. The third-order valence-electron chi connectivity index (χ3n) is 5.22. The summed E-state index contributed by atoms with van der Waals surface area (Å²) in [5, 5.41) is 9.06. The summed E-state index contributed by atoms with van der Waals surface area (Å²) in [6, 6.07) is 14.5. The molecule has 142 valence electrons. The van der Waals surface area contributed by atoms with Crippen LogP contribution in [-0.4, -0.2) is 44.9 Å². The van der Waals surface area contributed by atoms with Crippen LogP contribution in [0.2, 0.25) is 0 Å². The Kier molecular flexibility index (Phi) is 4.93. The molecule has 0 radical (unpaired) electrons. The number of likely N-dealkylation sites (tertiary alicyclic amines) is 1. The fourth-order valence-electron chi connectivity index (χ4n) is 3.74. The van der Waals surface area contributed by atoms with Crippen molar-refractivity contribution in [2.75, 3.05) is 13.1 Å². The minimum atomic E-state index is -0.927. The summed E-state index contributed by atoms with van der Waals surface area (Å²) in [5.41, 5.74) is 2.89. The summed E-state index contributed by atoms with van der Waals surface area (Å²) in [4.78, 5) is 33.3. The number of piperidine rings is 1. The van der Waals surface area contributed by atoms with Gasteiger partial charge >= 0.3 is 5.97 Å². The second kappa shape index (κ2) is 7.68. The topological polar surface area (TPSA) is 86.3 Å². The van der Waals surface area contributed by atoms with Crippen LogP contribution in [0.15, 0.2) is 60.9 Å². The summed E-state index contributed by atoms with van der Waals surface area (Å²) < 4.78 is 0. The summed E-state index contributed by atoms with van der Waals surface area (Å²) >= 11 is 0. The van der Waals surface area contributed by atoms with Crippen LogP contribution in [0.5, 0.6) is 0 Å². The molecular formula is C22H21N3O3. The van der Waals surface area contributed by atoms with Crippen LogP contribution in [-0.2, 0) is 0 Å². The lowest BCUT2D eigenvalue weighted by Crippen LogP contribution is -2.39. The lowest BCUT2D eigenvalue weighted by Gasteiger charge is -2.33. The molecule has 3 aromatic rings. The Balaban J connectivity index is 1.50. The number of imidazole rings is 1. The van der Waals surface area contributed by atoms with E-state index in [0.29, 0.717) is 12.1 Å². The number of nitrogens with one attached hydrogen (secondary N) is 1. The molecule has 1 saturated heterocycles. The van der Waals surface area contributed by atoms with Crippen LogP contribution in [0.3, 0.4) is 0 Å². The van der Waals surface area contributed by atoms with Crippen LogP contribution in [0.4, 0.5) is 0 Å². The van der Waals surface area contributed by atoms with E-state index in [1.807, 2.05) is 41.3 Å². The van der Waals surface area contributed by atoms with Crippen molar-refractivity contribution in [2.45, 2.75) is 18.8 Å². The molecule has 1 aliphatic heterocycles. The van der Waals surface area contributed by atoms with Gasteiger partial charge in [0.1, 0.15) is 5.82 Å². The Morgan fingerprint density at radius 3 is 2.64 bits per heavy atom. The fourth-order valence-corrected chi connectivity index (χ4v) is 3.74. The first-order chi connectivity index (χ1) is 13.6. The number of nitrogens with zero attached hydrogens (tertiary/aromatic N) is 2. The fraction of sp³-hybridized carbons (Fsp3) is 0.227. The van der Waals surface area contributed by atoms with E-state index >= 15 is 0 Å². The first kappa shape index (κ1) is 18.0. The number of rotatable bonds is 4. The molecule has 0 saturated carbocycles. The van der Waals surface area contributed by atoms with Gasteiger partial charge in [0.25, 0.3) is 5.91 Å². The van der Waals surface area contributed by atoms with Crippen molar-refractivity contribution in [2.24, 2.45) is 0 Å². The van der Waals surface area contributed by atoms with Gasteiger partial charge in [0.2, 0.25) is 0 Å². The molecule has 0 unspecified atom stereocenters. The minimum absolute atomic E-state index is 0.0141. The predicted octanol–water partition coefficient (Wildman–Crippen LogP) is 3.79. The highest BCUT2D eigenvalue weighted by molar-refractivity contribution is 5.95.